The Labute approximate surface area is 109 Å². The molecule has 0 spiro atoms. The molecule has 0 fully saturated rings. The van der Waals surface area contributed by atoms with Gasteiger partial charge in [-0.1, -0.05) is 38.1 Å². The smallest absolute Gasteiger partial charge is 0.334 e. The monoisotopic (exact) mass is 250 g/mol. The van der Waals surface area contributed by atoms with Crippen LogP contribution in [0.4, 0.5) is 0 Å². The molecule has 0 aromatic heterocycles. The average molecular weight is 250 g/mol. The molecule has 1 unspecified atom stereocenters. The van der Waals surface area contributed by atoms with Gasteiger partial charge in [0, 0.05) is 0 Å². The average Bonchev–Trinajstić information content (AvgIpc) is 2.42. The number of ether oxygens (including phenoxy) is 1. The SMILES string of the molecule is CCc1ccccc1CCCOC(=O)C(O)CC. The van der Waals surface area contributed by atoms with Gasteiger partial charge in [0.15, 0.2) is 6.10 Å². The quantitative estimate of drug-likeness (QED) is 0.597. The molecule has 0 aliphatic carbocycles. The van der Waals surface area contributed by atoms with Crippen molar-refractivity contribution in [2.24, 2.45) is 0 Å². The first-order valence-electron chi connectivity index (χ1n) is 6.60. The van der Waals surface area contributed by atoms with E-state index in [1.165, 1.54) is 11.1 Å². The highest BCUT2D eigenvalue weighted by Crippen LogP contribution is 2.11. The van der Waals surface area contributed by atoms with Crippen LogP contribution in [0.15, 0.2) is 24.3 Å². The minimum absolute atomic E-state index is 0.369. The third-order valence-electron chi connectivity index (χ3n) is 2.99. The zero-order valence-corrected chi connectivity index (χ0v) is 11.2. The van der Waals surface area contributed by atoms with Gasteiger partial charge < -0.3 is 9.84 Å². The van der Waals surface area contributed by atoms with Crippen LogP contribution in [-0.2, 0) is 22.4 Å². The zero-order chi connectivity index (χ0) is 13.4. The molecule has 1 aromatic rings. The lowest BCUT2D eigenvalue weighted by Gasteiger charge is -2.10. The molecular formula is C15H22O3. The number of aliphatic hydroxyl groups is 1. The second-order valence-electron chi connectivity index (χ2n) is 4.32. The van der Waals surface area contributed by atoms with Gasteiger partial charge in [0.2, 0.25) is 0 Å². The lowest BCUT2D eigenvalue weighted by atomic mass is 10.0. The van der Waals surface area contributed by atoms with Crippen LogP contribution in [0, 0.1) is 0 Å². The van der Waals surface area contributed by atoms with E-state index in [1.807, 2.05) is 12.1 Å². The highest BCUT2D eigenvalue weighted by atomic mass is 16.5. The molecular weight excluding hydrogens is 228 g/mol. The van der Waals surface area contributed by atoms with Crippen molar-refractivity contribution >= 4 is 5.97 Å². The van der Waals surface area contributed by atoms with Gasteiger partial charge in [0.25, 0.3) is 0 Å². The number of aryl methyl sites for hydroxylation is 2. The van der Waals surface area contributed by atoms with Crippen LogP contribution in [0.1, 0.15) is 37.8 Å². The Hall–Kier alpha value is -1.35. The maximum atomic E-state index is 11.2. The summed E-state index contributed by atoms with van der Waals surface area (Å²) in [6, 6.07) is 8.31. The second kappa shape index (κ2) is 7.88. The molecule has 0 heterocycles. The van der Waals surface area contributed by atoms with Gasteiger partial charge in [-0.3, -0.25) is 0 Å². The van der Waals surface area contributed by atoms with Gasteiger partial charge >= 0.3 is 5.97 Å². The van der Waals surface area contributed by atoms with Crippen LogP contribution in [0.2, 0.25) is 0 Å². The molecule has 3 nitrogen and oxygen atoms in total. The molecule has 0 saturated carbocycles. The molecule has 18 heavy (non-hydrogen) atoms. The number of carbonyl (C=O) groups is 1. The summed E-state index contributed by atoms with van der Waals surface area (Å²) in [5, 5.41) is 9.25. The first-order valence-corrected chi connectivity index (χ1v) is 6.60. The van der Waals surface area contributed by atoms with Crippen molar-refractivity contribution in [1.82, 2.24) is 0 Å². The minimum atomic E-state index is -0.979. The fourth-order valence-corrected chi connectivity index (χ4v) is 1.84. The summed E-state index contributed by atoms with van der Waals surface area (Å²) in [6.45, 7) is 4.26. The summed E-state index contributed by atoms with van der Waals surface area (Å²) in [6.07, 6.45) is 2.13. The van der Waals surface area contributed by atoms with E-state index in [0.29, 0.717) is 13.0 Å². The number of hydrogen-bond donors (Lipinski definition) is 1. The summed E-state index contributed by atoms with van der Waals surface area (Å²) >= 11 is 0. The van der Waals surface area contributed by atoms with Crippen LogP contribution in [0.5, 0.6) is 0 Å². The molecule has 0 aliphatic heterocycles. The predicted octanol–water partition coefficient (Wildman–Crippen LogP) is 2.50. The van der Waals surface area contributed by atoms with Crippen LogP contribution in [-0.4, -0.2) is 23.8 Å². The van der Waals surface area contributed by atoms with Crippen LogP contribution in [0.25, 0.3) is 0 Å². The maximum absolute atomic E-state index is 11.2. The number of rotatable bonds is 7. The summed E-state index contributed by atoms with van der Waals surface area (Å²) in [7, 11) is 0. The largest absolute Gasteiger partial charge is 0.464 e. The van der Waals surface area contributed by atoms with Crippen molar-refractivity contribution in [3.63, 3.8) is 0 Å². The maximum Gasteiger partial charge on any atom is 0.334 e. The Morgan fingerprint density at radius 2 is 1.94 bits per heavy atom. The second-order valence-corrected chi connectivity index (χ2v) is 4.32. The number of aliphatic hydroxyl groups excluding tert-OH is 1. The van der Waals surface area contributed by atoms with Crippen LogP contribution >= 0.6 is 0 Å². The normalized spacial score (nSPS) is 12.2. The van der Waals surface area contributed by atoms with Gasteiger partial charge in [0.05, 0.1) is 6.61 Å². The molecule has 0 bridgehead atoms. The van der Waals surface area contributed by atoms with Gasteiger partial charge in [-0.25, -0.2) is 4.79 Å². The number of benzene rings is 1. The molecule has 1 aromatic carbocycles. The first-order chi connectivity index (χ1) is 8.69. The zero-order valence-electron chi connectivity index (χ0n) is 11.2. The van der Waals surface area contributed by atoms with E-state index in [4.69, 9.17) is 4.74 Å². The van der Waals surface area contributed by atoms with Crippen molar-refractivity contribution in [3.05, 3.63) is 35.4 Å². The van der Waals surface area contributed by atoms with Crippen LogP contribution in [0.3, 0.4) is 0 Å². The van der Waals surface area contributed by atoms with Gasteiger partial charge in [0.1, 0.15) is 0 Å². The highest BCUT2D eigenvalue weighted by molar-refractivity contribution is 5.74. The predicted molar refractivity (Wildman–Crippen MR) is 71.4 cm³/mol. The molecule has 0 aliphatic rings. The summed E-state index contributed by atoms with van der Waals surface area (Å²) < 4.78 is 5.00. The molecule has 100 valence electrons. The van der Waals surface area contributed by atoms with E-state index in [2.05, 4.69) is 19.1 Å². The molecule has 1 atom stereocenters. The fraction of sp³-hybridized carbons (Fsp3) is 0.533. The van der Waals surface area contributed by atoms with E-state index < -0.39 is 12.1 Å². The third kappa shape index (κ3) is 4.49. The van der Waals surface area contributed by atoms with E-state index in [9.17, 15) is 9.90 Å². The van der Waals surface area contributed by atoms with Crippen molar-refractivity contribution in [2.75, 3.05) is 6.61 Å². The minimum Gasteiger partial charge on any atom is -0.464 e. The lowest BCUT2D eigenvalue weighted by Crippen LogP contribution is -2.22. The first kappa shape index (κ1) is 14.7. The third-order valence-corrected chi connectivity index (χ3v) is 2.99. The van der Waals surface area contributed by atoms with E-state index in [0.717, 1.165) is 19.3 Å². The molecule has 3 heteroatoms. The van der Waals surface area contributed by atoms with Gasteiger partial charge in [-0.15, -0.1) is 0 Å². The Balaban J connectivity index is 2.32. The van der Waals surface area contributed by atoms with Crippen molar-refractivity contribution in [1.29, 1.82) is 0 Å². The number of esters is 1. The molecule has 1 N–H and O–H groups in total. The van der Waals surface area contributed by atoms with Crippen molar-refractivity contribution in [3.8, 4) is 0 Å². The number of carbonyl (C=O) groups excluding carboxylic acids is 1. The Morgan fingerprint density at radius 3 is 2.56 bits per heavy atom. The summed E-state index contributed by atoms with van der Waals surface area (Å²) in [4.78, 5) is 11.2. The van der Waals surface area contributed by atoms with Gasteiger partial charge in [-0.05, 0) is 36.8 Å². The fourth-order valence-electron chi connectivity index (χ4n) is 1.84. The van der Waals surface area contributed by atoms with E-state index >= 15 is 0 Å². The Kier molecular flexibility index (Phi) is 6.44. The Morgan fingerprint density at radius 1 is 1.28 bits per heavy atom. The van der Waals surface area contributed by atoms with E-state index in [1.54, 1.807) is 6.92 Å². The highest BCUT2D eigenvalue weighted by Gasteiger charge is 2.13. The van der Waals surface area contributed by atoms with Crippen LogP contribution < -0.4 is 0 Å². The summed E-state index contributed by atoms with van der Waals surface area (Å²) in [5.41, 5.74) is 2.66. The van der Waals surface area contributed by atoms with Crippen molar-refractivity contribution < 1.29 is 14.6 Å². The molecule has 1 rings (SSSR count). The molecule has 0 radical (unpaired) electrons. The van der Waals surface area contributed by atoms with Crippen molar-refractivity contribution in [2.45, 2.75) is 45.6 Å². The number of hydrogen-bond acceptors (Lipinski definition) is 3. The topological polar surface area (TPSA) is 46.5 Å². The standard InChI is InChI=1S/C15H22O3/c1-3-12-8-5-6-9-13(12)10-7-11-18-15(17)14(16)4-2/h5-6,8-9,14,16H,3-4,7,10-11H2,1-2H3. The Bertz CT molecular complexity index is 374. The summed E-state index contributed by atoms with van der Waals surface area (Å²) in [5.74, 6) is -0.513. The lowest BCUT2D eigenvalue weighted by molar-refractivity contribution is -0.153. The van der Waals surface area contributed by atoms with E-state index in [-0.39, 0.29) is 0 Å². The molecule has 0 amide bonds. The molecule has 0 saturated heterocycles. The van der Waals surface area contributed by atoms with Gasteiger partial charge in [-0.2, -0.15) is 0 Å².